The summed E-state index contributed by atoms with van der Waals surface area (Å²) in [4.78, 5) is 10.2. The molecule has 50 heavy (non-hydrogen) atoms. The van der Waals surface area contributed by atoms with E-state index in [0.29, 0.717) is 5.84 Å². The molecule has 5 heteroatoms. The van der Waals surface area contributed by atoms with E-state index in [4.69, 9.17) is 14.4 Å². The zero-order valence-electron chi connectivity index (χ0n) is 27.0. The molecule has 0 saturated carbocycles. The summed E-state index contributed by atoms with van der Waals surface area (Å²) < 4.78 is 9.01. The molecule has 0 amide bonds. The second-order valence-electron chi connectivity index (χ2n) is 12.6. The predicted molar refractivity (Wildman–Crippen MR) is 205 cm³/mol. The Morgan fingerprint density at radius 2 is 1.22 bits per heavy atom. The van der Waals surface area contributed by atoms with E-state index in [-0.39, 0.29) is 6.17 Å². The minimum Gasteiger partial charge on any atom is -0.455 e. The van der Waals surface area contributed by atoms with Crippen LogP contribution in [0.4, 0.5) is 0 Å². The SMILES string of the molecule is c1ccc(C2=NC(c3cccc4c3oc3ccc(-c5cccc6c5c5ccccc5n6-c5ccccc5)cc34)=NC(c3ccccc3)N2)cc1. The topological polar surface area (TPSA) is 54.8 Å². The number of nitrogens with zero attached hydrogens (tertiary/aromatic N) is 3. The van der Waals surface area contributed by atoms with Crippen molar-refractivity contribution in [2.45, 2.75) is 6.17 Å². The summed E-state index contributed by atoms with van der Waals surface area (Å²) in [5, 5.41) is 8.11. The largest absolute Gasteiger partial charge is 0.455 e. The van der Waals surface area contributed by atoms with Crippen LogP contribution >= 0.6 is 0 Å². The maximum Gasteiger partial charge on any atom is 0.163 e. The zero-order valence-corrected chi connectivity index (χ0v) is 27.0. The Hall–Kier alpha value is -6.72. The molecule has 0 aliphatic carbocycles. The average Bonchev–Trinajstić information content (AvgIpc) is 3.74. The van der Waals surface area contributed by atoms with Crippen LogP contribution in [0, 0.1) is 0 Å². The van der Waals surface area contributed by atoms with Gasteiger partial charge in [0, 0.05) is 32.8 Å². The lowest BCUT2D eigenvalue weighted by Gasteiger charge is -2.23. The number of furan rings is 1. The molecular formula is C45H30N4O. The number of nitrogens with one attached hydrogen (secondary N) is 1. The number of benzene rings is 7. The molecule has 0 fully saturated rings. The van der Waals surface area contributed by atoms with Crippen molar-refractivity contribution in [2.24, 2.45) is 9.98 Å². The molecule has 1 aliphatic rings. The fourth-order valence-corrected chi connectivity index (χ4v) is 7.38. The van der Waals surface area contributed by atoms with Gasteiger partial charge in [0.1, 0.15) is 23.2 Å². The average molecular weight is 643 g/mol. The molecule has 0 spiro atoms. The standard InChI is InChI=1S/C45H30N4O/c1-4-14-29(15-5-1)43-46-44(30-16-6-2-7-17-30)48-45(47-43)36-23-12-22-34-37-28-31(26-27-40(37)50-42(34)36)33-21-13-25-39-41(33)35-20-10-11-24-38(35)49(39)32-18-8-3-9-19-32/h1-28,43H,(H,46,47,48). The fourth-order valence-electron chi connectivity index (χ4n) is 7.38. The Morgan fingerprint density at radius 1 is 0.540 bits per heavy atom. The maximum absolute atomic E-state index is 6.65. The van der Waals surface area contributed by atoms with Gasteiger partial charge in [0.25, 0.3) is 0 Å². The van der Waals surface area contributed by atoms with Crippen LogP contribution in [-0.4, -0.2) is 16.2 Å². The van der Waals surface area contributed by atoms with Crippen molar-refractivity contribution in [2.75, 3.05) is 0 Å². The summed E-state index contributed by atoms with van der Waals surface area (Å²) in [6.45, 7) is 0. The van der Waals surface area contributed by atoms with Crippen LogP contribution in [0.3, 0.4) is 0 Å². The van der Waals surface area contributed by atoms with E-state index >= 15 is 0 Å². The highest BCUT2D eigenvalue weighted by Gasteiger charge is 2.24. The molecular weight excluding hydrogens is 613 g/mol. The molecule has 0 radical (unpaired) electrons. The molecule has 2 aromatic heterocycles. The number of aliphatic imine (C=N–C) groups is 2. The second-order valence-corrected chi connectivity index (χ2v) is 12.6. The smallest absolute Gasteiger partial charge is 0.163 e. The van der Waals surface area contributed by atoms with Crippen molar-refractivity contribution >= 4 is 55.4 Å². The summed E-state index contributed by atoms with van der Waals surface area (Å²) in [7, 11) is 0. The van der Waals surface area contributed by atoms with Gasteiger partial charge in [-0.05, 0) is 59.2 Å². The predicted octanol–water partition coefficient (Wildman–Crippen LogP) is 10.8. The molecule has 1 unspecified atom stereocenters. The summed E-state index contributed by atoms with van der Waals surface area (Å²) in [6, 6.07) is 59.2. The van der Waals surface area contributed by atoms with Crippen LogP contribution in [0.15, 0.2) is 184 Å². The van der Waals surface area contributed by atoms with Crippen LogP contribution in [0.5, 0.6) is 0 Å². The van der Waals surface area contributed by atoms with Crippen molar-refractivity contribution in [3.05, 3.63) is 187 Å². The molecule has 0 saturated heterocycles. The molecule has 3 heterocycles. The molecule has 0 bridgehead atoms. The zero-order chi connectivity index (χ0) is 33.0. The van der Waals surface area contributed by atoms with Gasteiger partial charge in [-0.2, -0.15) is 0 Å². The summed E-state index contributed by atoms with van der Waals surface area (Å²) in [5.41, 5.74) is 10.4. The highest BCUT2D eigenvalue weighted by atomic mass is 16.3. The third-order valence-electron chi connectivity index (χ3n) is 9.67. The Morgan fingerprint density at radius 3 is 2.06 bits per heavy atom. The van der Waals surface area contributed by atoms with Crippen molar-refractivity contribution in [1.29, 1.82) is 0 Å². The van der Waals surface area contributed by atoms with Crippen molar-refractivity contribution < 1.29 is 4.42 Å². The number of amidine groups is 2. The quantitative estimate of drug-likeness (QED) is 0.203. The maximum atomic E-state index is 6.65. The molecule has 1 N–H and O–H groups in total. The molecule has 5 nitrogen and oxygen atoms in total. The number of para-hydroxylation sites is 3. The number of rotatable bonds is 5. The van der Waals surface area contributed by atoms with Gasteiger partial charge in [-0.15, -0.1) is 0 Å². The van der Waals surface area contributed by atoms with E-state index in [9.17, 15) is 0 Å². The fraction of sp³-hybridized carbons (Fsp3) is 0.0222. The third kappa shape index (κ3) is 4.55. The molecule has 1 atom stereocenters. The minimum absolute atomic E-state index is 0.288. The Bertz CT molecular complexity index is 2780. The highest BCUT2D eigenvalue weighted by molar-refractivity contribution is 6.20. The van der Waals surface area contributed by atoms with Gasteiger partial charge in [0.2, 0.25) is 0 Å². The van der Waals surface area contributed by atoms with Crippen LogP contribution in [0.1, 0.15) is 22.9 Å². The normalized spacial score (nSPS) is 14.6. The van der Waals surface area contributed by atoms with Crippen LogP contribution in [-0.2, 0) is 0 Å². The van der Waals surface area contributed by atoms with Crippen molar-refractivity contribution in [3.63, 3.8) is 0 Å². The minimum atomic E-state index is -0.288. The van der Waals surface area contributed by atoms with E-state index in [2.05, 4.69) is 143 Å². The van der Waals surface area contributed by atoms with Crippen LogP contribution in [0.25, 0.3) is 60.6 Å². The lowest BCUT2D eigenvalue weighted by molar-refractivity contribution is 0.663. The van der Waals surface area contributed by atoms with Crippen molar-refractivity contribution in [1.82, 2.24) is 9.88 Å². The third-order valence-corrected chi connectivity index (χ3v) is 9.67. The Labute approximate surface area is 288 Å². The van der Waals surface area contributed by atoms with Crippen LogP contribution < -0.4 is 5.32 Å². The van der Waals surface area contributed by atoms with Gasteiger partial charge in [0.15, 0.2) is 5.84 Å². The number of aromatic nitrogens is 1. The first-order valence-electron chi connectivity index (χ1n) is 16.9. The molecule has 7 aromatic carbocycles. The van der Waals surface area contributed by atoms with Gasteiger partial charge in [-0.3, -0.25) is 0 Å². The molecule has 1 aliphatic heterocycles. The number of hydrogen-bond donors (Lipinski definition) is 1. The second kappa shape index (κ2) is 11.5. The van der Waals surface area contributed by atoms with Gasteiger partial charge in [-0.25, -0.2) is 9.98 Å². The lowest BCUT2D eigenvalue weighted by Crippen LogP contribution is -2.33. The molecule has 9 aromatic rings. The van der Waals surface area contributed by atoms with E-state index in [1.54, 1.807) is 0 Å². The lowest BCUT2D eigenvalue weighted by atomic mass is 9.97. The monoisotopic (exact) mass is 642 g/mol. The van der Waals surface area contributed by atoms with Gasteiger partial charge in [0.05, 0.1) is 16.6 Å². The number of fused-ring (bicyclic) bond motifs is 6. The van der Waals surface area contributed by atoms with Gasteiger partial charge < -0.3 is 14.3 Å². The first kappa shape index (κ1) is 28.3. The first-order valence-corrected chi connectivity index (χ1v) is 16.9. The Kier molecular flexibility index (Phi) is 6.49. The van der Waals surface area contributed by atoms with Gasteiger partial charge >= 0.3 is 0 Å². The van der Waals surface area contributed by atoms with Crippen molar-refractivity contribution in [3.8, 4) is 16.8 Å². The number of hydrogen-bond acceptors (Lipinski definition) is 4. The highest BCUT2D eigenvalue weighted by Crippen LogP contribution is 2.41. The van der Waals surface area contributed by atoms with E-state index in [1.165, 1.54) is 27.4 Å². The van der Waals surface area contributed by atoms with E-state index < -0.39 is 0 Å². The molecule has 10 rings (SSSR count). The molecule has 236 valence electrons. The van der Waals surface area contributed by atoms with E-state index in [0.717, 1.165) is 55.7 Å². The van der Waals surface area contributed by atoms with E-state index in [1.807, 2.05) is 36.4 Å². The summed E-state index contributed by atoms with van der Waals surface area (Å²) in [6.07, 6.45) is -0.288. The van der Waals surface area contributed by atoms with Gasteiger partial charge in [-0.1, -0.05) is 127 Å². The first-order chi connectivity index (χ1) is 24.8. The summed E-state index contributed by atoms with van der Waals surface area (Å²) >= 11 is 0. The Balaban J connectivity index is 1.15. The van der Waals surface area contributed by atoms with Crippen LogP contribution in [0.2, 0.25) is 0 Å². The summed E-state index contributed by atoms with van der Waals surface area (Å²) in [5.74, 6) is 1.42.